The third-order valence-corrected chi connectivity index (χ3v) is 4.05. The fourth-order valence-corrected chi connectivity index (χ4v) is 2.80. The Bertz CT molecular complexity index is 485. The maximum atomic E-state index is 5.92. The Kier molecular flexibility index (Phi) is 5.20. The van der Waals surface area contributed by atoms with Gasteiger partial charge in [0, 0.05) is 5.30 Å². The van der Waals surface area contributed by atoms with Crippen LogP contribution < -0.4 is 14.6 Å². The number of hydrogen-bond acceptors (Lipinski definition) is 3. The zero-order valence-electron chi connectivity index (χ0n) is 11.1. The van der Waals surface area contributed by atoms with E-state index in [0.29, 0.717) is 6.61 Å². The first-order valence-electron chi connectivity index (χ1n) is 6.13. The van der Waals surface area contributed by atoms with Gasteiger partial charge in [-0.05, 0) is 43.3 Å². The summed E-state index contributed by atoms with van der Waals surface area (Å²) in [5.41, 5.74) is 0. The maximum absolute atomic E-state index is 5.92. The largest absolute Gasteiger partial charge is 0.497 e. The van der Waals surface area contributed by atoms with Crippen LogP contribution in [0.4, 0.5) is 0 Å². The fourth-order valence-electron chi connectivity index (χ4n) is 1.55. The predicted octanol–water partition coefficient (Wildman–Crippen LogP) is 3.75. The highest BCUT2D eigenvalue weighted by atomic mass is 31.2. The van der Waals surface area contributed by atoms with Gasteiger partial charge in [0.15, 0.2) is 0 Å². The van der Waals surface area contributed by atoms with Crippen LogP contribution in [0.2, 0.25) is 0 Å². The van der Waals surface area contributed by atoms with Crippen molar-refractivity contribution in [3.63, 3.8) is 0 Å². The molecule has 2 rings (SSSR count). The zero-order valence-corrected chi connectivity index (χ0v) is 12.0. The lowest BCUT2D eigenvalue weighted by molar-refractivity contribution is 0.341. The summed E-state index contributed by atoms with van der Waals surface area (Å²) < 4.78 is 16.8. The molecule has 0 saturated carbocycles. The minimum absolute atomic E-state index is 0.616. The van der Waals surface area contributed by atoms with Crippen LogP contribution in [-0.2, 0) is 4.52 Å². The zero-order chi connectivity index (χ0) is 13.5. The second-order valence-corrected chi connectivity index (χ2v) is 5.25. The topological polar surface area (TPSA) is 27.7 Å². The molecule has 0 fully saturated rings. The molecular weight excluding hydrogens is 259 g/mol. The average molecular weight is 276 g/mol. The Morgan fingerprint density at radius 3 is 2.16 bits per heavy atom. The average Bonchev–Trinajstić information content (AvgIpc) is 2.48. The van der Waals surface area contributed by atoms with Gasteiger partial charge in [0.25, 0.3) is 8.38 Å². The maximum Gasteiger partial charge on any atom is 0.265 e. The van der Waals surface area contributed by atoms with Crippen LogP contribution in [-0.4, -0.2) is 13.7 Å². The van der Waals surface area contributed by atoms with E-state index >= 15 is 0 Å². The van der Waals surface area contributed by atoms with Crippen LogP contribution in [0.25, 0.3) is 0 Å². The lowest BCUT2D eigenvalue weighted by Gasteiger charge is -2.17. The Morgan fingerprint density at radius 2 is 1.58 bits per heavy atom. The Morgan fingerprint density at radius 1 is 0.895 bits per heavy atom. The van der Waals surface area contributed by atoms with Crippen LogP contribution in [0.15, 0.2) is 54.6 Å². The molecule has 0 aliphatic rings. The summed E-state index contributed by atoms with van der Waals surface area (Å²) >= 11 is 0. The summed E-state index contributed by atoms with van der Waals surface area (Å²) in [4.78, 5) is 0. The van der Waals surface area contributed by atoms with Gasteiger partial charge < -0.3 is 13.8 Å². The second kappa shape index (κ2) is 7.13. The highest BCUT2D eigenvalue weighted by molar-refractivity contribution is 7.56. The van der Waals surface area contributed by atoms with E-state index in [1.54, 1.807) is 7.11 Å². The fraction of sp³-hybridized carbons (Fsp3) is 0.200. The van der Waals surface area contributed by atoms with E-state index in [9.17, 15) is 0 Å². The van der Waals surface area contributed by atoms with Gasteiger partial charge >= 0.3 is 0 Å². The van der Waals surface area contributed by atoms with Gasteiger partial charge in [-0.15, -0.1) is 0 Å². The molecule has 0 spiro atoms. The van der Waals surface area contributed by atoms with Crippen LogP contribution >= 0.6 is 8.38 Å². The van der Waals surface area contributed by atoms with E-state index in [-0.39, 0.29) is 0 Å². The summed E-state index contributed by atoms with van der Waals surface area (Å²) in [7, 11) is 0.549. The lowest BCUT2D eigenvalue weighted by Crippen LogP contribution is -2.07. The highest BCUT2D eigenvalue weighted by Crippen LogP contribution is 2.38. The third kappa shape index (κ3) is 3.95. The van der Waals surface area contributed by atoms with Gasteiger partial charge in [-0.2, -0.15) is 0 Å². The number of methoxy groups -OCH3 is 1. The van der Waals surface area contributed by atoms with Crippen molar-refractivity contribution >= 4 is 13.7 Å². The summed E-state index contributed by atoms with van der Waals surface area (Å²) in [5.74, 6) is 1.65. The standard InChI is InChI=1S/C15H17O3P/c1-3-17-19(18-14-7-5-4-6-8-14)15-11-9-13(16-2)10-12-15/h4-12H,3H2,1-2H3. The number of hydrogen-bond donors (Lipinski definition) is 0. The molecule has 0 aromatic heterocycles. The van der Waals surface area contributed by atoms with Crippen molar-refractivity contribution < 1.29 is 13.8 Å². The molecule has 100 valence electrons. The van der Waals surface area contributed by atoms with Gasteiger partial charge in [0.05, 0.1) is 13.7 Å². The number of ether oxygens (including phenoxy) is 1. The number of benzene rings is 2. The van der Waals surface area contributed by atoms with E-state index in [0.717, 1.165) is 16.8 Å². The Labute approximate surface area is 115 Å². The highest BCUT2D eigenvalue weighted by Gasteiger charge is 2.15. The molecular formula is C15H17O3P. The van der Waals surface area contributed by atoms with E-state index < -0.39 is 8.38 Å². The second-order valence-electron chi connectivity index (χ2n) is 3.78. The summed E-state index contributed by atoms with van der Waals surface area (Å²) in [5, 5.41) is 1.03. The van der Waals surface area contributed by atoms with Crippen molar-refractivity contribution in [3.8, 4) is 11.5 Å². The van der Waals surface area contributed by atoms with Gasteiger partial charge in [-0.3, -0.25) is 0 Å². The predicted molar refractivity (Wildman–Crippen MR) is 78.2 cm³/mol. The van der Waals surface area contributed by atoms with Crippen LogP contribution in [0.3, 0.4) is 0 Å². The molecule has 3 nitrogen and oxygen atoms in total. The van der Waals surface area contributed by atoms with E-state index in [1.807, 2.05) is 61.5 Å². The smallest absolute Gasteiger partial charge is 0.265 e. The van der Waals surface area contributed by atoms with Crippen molar-refractivity contribution in [2.24, 2.45) is 0 Å². The van der Waals surface area contributed by atoms with E-state index in [1.165, 1.54) is 0 Å². The third-order valence-electron chi connectivity index (χ3n) is 2.46. The molecule has 0 saturated heterocycles. The van der Waals surface area contributed by atoms with Gasteiger partial charge in [0.2, 0.25) is 0 Å². The van der Waals surface area contributed by atoms with E-state index in [2.05, 4.69) is 0 Å². The molecule has 0 radical (unpaired) electrons. The van der Waals surface area contributed by atoms with Gasteiger partial charge in [-0.1, -0.05) is 18.2 Å². The number of para-hydroxylation sites is 1. The summed E-state index contributed by atoms with van der Waals surface area (Å²) in [6.07, 6.45) is 0. The minimum atomic E-state index is -1.11. The van der Waals surface area contributed by atoms with Crippen LogP contribution in [0.5, 0.6) is 11.5 Å². The van der Waals surface area contributed by atoms with Crippen molar-refractivity contribution in [2.75, 3.05) is 13.7 Å². The lowest BCUT2D eigenvalue weighted by atomic mass is 10.3. The molecule has 1 unspecified atom stereocenters. The van der Waals surface area contributed by atoms with Crippen molar-refractivity contribution in [3.05, 3.63) is 54.6 Å². The molecule has 0 N–H and O–H groups in total. The molecule has 2 aromatic rings. The quantitative estimate of drug-likeness (QED) is 0.752. The summed E-state index contributed by atoms with van der Waals surface area (Å²) in [6, 6.07) is 17.5. The van der Waals surface area contributed by atoms with Gasteiger partial charge in [-0.25, -0.2) is 0 Å². The molecule has 0 aliphatic heterocycles. The van der Waals surface area contributed by atoms with E-state index in [4.69, 9.17) is 13.8 Å². The molecule has 19 heavy (non-hydrogen) atoms. The van der Waals surface area contributed by atoms with Crippen molar-refractivity contribution in [1.82, 2.24) is 0 Å². The SMILES string of the molecule is CCOP(Oc1ccccc1)c1ccc(OC)cc1. The van der Waals surface area contributed by atoms with Gasteiger partial charge in [0.1, 0.15) is 11.5 Å². The molecule has 0 heterocycles. The molecule has 0 amide bonds. The summed E-state index contributed by atoms with van der Waals surface area (Å²) in [6.45, 7) is 2.58. The monoisotopic (exact) mass is 276 g/mol. The molecule has 0 aliphatic carbocycles. The Balaban J connectivity index is 2.14. The molecule has 4 heteroatoms. The first-order valence-corrected chi connectivity index (χ1v) is 7.31. The van der Waals surface area contributed by atoms with Crippen LogP contribution in [0, 0.1) is 0 Å². The van der Waals surface area contributed by atoms with Crippen LogP contribution in [0.1, 0.15) is 6.92 Å². The molecule has 1 atom stereocenters. The normalized spacial score (nSPS) is 11.9. The Hall–Kier alpha value is -1.57. The molecule has 2 aromatic carbocycles. The van der Waals surface area contributed by atoms with Crippen molar-refractivity contribution in [1.29, 1.82) is 0 Å². The van der Waals surface area contributed by atoms with Crippen molar-refractivity contribution in [2.45, 2.75) is 6.92 Å². The molecule has 0 bridgehead atoms. The minimum Gasteiger partial charge on any atom is -0.497 e. The first-order chi connectivity index (χ1) is 9.33. The first kappa shape index (κ1) is 13.9. The number of rotatable bonds is 6.